The highest BCUT2D eigenvalue weighted by Crippen LogP contribution is 2.40. The average Bonchev–Trinajstić information content (AvgIpc) is 3.19. The number of hydrogen-bond acceptors (Lipinski definition) is 5. The van der Waals surface area contributed by atoms with Gasteiger partial charge in [0.15, 0.2) is 5.89 Å². The Hall–Kier alpha value is -2.36. The number of aromatic nitrogens is 1. The lowest BCUT2D eigenvalue weighted by Gasteiger charge is -2.19. The molecule has 7 nitrogen and oxygen atoms in total. The van der Waals surface area contributed by atoms with E-state index in [1.165, 1.54) is 0 Å². The highest BCUT2D eigenvalue weighted by atomic mass is 16.4. The van der Waals surface area contributed by atoms with Crippen molar-refractivity contribution < 1.29 is 14.0 Å². The fraction of sp³-hybridized carbons (Fsp3) is 0.647. The predicted molar refractivity (Wildman–Crippen MR) is 85.1 cm³/mol. The van der Waals surface area contributed by atoms with E-state index in [2.05, 4.69) is 10.3 Å². The molecule has 1 unspecified atom stereocenters. The summed E-state index contributed by atoms with van der Waals surface area (Å²) in [7, 11) is 0. The molecule has 1 aromatic heterocycles. The van der Waals surface area contributed by atoms with Gasteiger partial charge in [0.25, 0.3) is 5.91 Å². The maximum Gasteiger partial charge on any atom is 0.289 e. The smallest absolute Gasteiger partial charge is 0.289 e. The first-order valence-electron chi connectivity index (χ1n) is 8.50. The number of carbonyl (C=O) groups excluding carboxylic acids is 2. The van der Waals surface area contributed by atoms with Gasteiger partial charge in [-0.1, -0.05) is 6.92 Å². The molecule has 2 atom stereocenters. The van der Waals surface area contributed by atoms with Crippen molar-refractivity contribution in [2.45, 2.75) is 51.5 Å². The van der Waals surface area contributed by atoms with Crippen LogP contribution in [-0.4, -0.2) is 40.8 Å². The van der Waals surface area contributed by atoms with Crippen molar-refractivity contribution in [1.29, 1.82) is 5.26 Å². The standard InChI is InChI=1S/C17H22N4O3/c1-3-11(8-18)17(23)21-7-6-13(9-21)20-15(22)14-10(2)19-16(24-14)12-4-5-12/h11-13H,3-7,9H2,1-2H3,(H,20,22)/t11?,13-/m1/s1. The van der Waals surface area contributed by atoms with E-state index < -0.39 is 5.92 Å². The highest BCUT2D eigenvalue weighted by molar-refractivity contribution is 5.92. The quantitative estimate of drug-likeness (QED) is 0.886. The zero-order chi connectivity index (χ0) is 17.3. The summed E-state index contributed by atoms with van der Waals surface area (Å²) in [6.07, 6.45) is 3.32. The van der Waals surface area contributed by atoms with Crippen LogP contribution in [-0.2, 0) is 4.79 Å². The molecule has 7 heteroatoms. The van der Waals surface area contributed by atoms with Crippen molar-refractivity contribution in [3.8, 4) is 6.07 Å². The molecule has 2 fully saturated rings. The third-order valence-corrected chi connectivity index (χ3v) is 4.64. The van der Waals surface area contributed by atoms with Crippen LogP contribution >= 0.6 is 0 Å². The summed E-state index contributed by atoms with van der Waals surface area (Å²) in [5.41, 5.74) is 0.607. The van der Waals surface area contributed by atoms with Crippen LogP contribution in [0.3, 0.4) is 0 Å². The Labute approximate surface area is 141 Å². The average molecular weight is 330 g/mol. The molecule has 128 valence electrons. The molecule has 0 bridgehead atoms. The Morgan fingerprint density at radius 1 is 1.46 bits per heavy atom. The number of nitrogens with zero attached hydrogens (tertiary/aromatic N) is 3. The van der Waals surface area contributed by atoms with Gasteiger partial charge in [-0.25, -0.2) is 4.98 Å². The lowest BCUT2D eigenvalue weighted by molar-refractivity contribution is -0.132. The monoisotopic (exact) mass is 330 g/mol. The van der Waals surface area contributed by atoms with Gasteiger partial charge in [0, 0.05) is 25.0 Å². The summed E-state index contributed by atoms with van der Waals surface area (Å²) in [5.74, 6) is 0.256. The molecule has 0 radical (unpaired) electrons. The van der Waals surface area contributed by atoms with E-state index in [1.807, 2.05) is 13.0 Å². The number of carbonyl (C=O) groups is 2. The van der Waals surface area contributed by atoms with Gasteiger partial charge >= 0.3 is 0 Å². The summed E-state index contributed by atoms with van der Waals surface area (Å²) < 4.78 is 5.61. The first kappa shape index (κ1) is 16.5. The molecule has 2 aliphatic rings. The third kappa shape index (κ3) is 3.28. The minimum Gasteiger partial charge on any atom is -0.435 e. The van der Waals surface area contributed by atoms with Crippen LogP contribution in [0.15, 0.2) is 4.42 Å². The molecule has 1 aliphatic carbocycles. The lowest BCUT2D eigenvalue weighted by Crippen LogP contribution is -2.40. The van der Waals surface area contributed by atoms with Crippen molar-refractivity contribution in [3.05, 3.63) is 17.3 Å². The number of hydrogen-bond donors (Lipinski definition) is 1. The van der Waals surface area contributed by atoms with Crippen molar-refractivity contribution in [1.82, 2.24) is 15.2 Å². The van der Waals surface area contributed by atoms with Crippen molar-refractivity contribution >= 4 is 11.8 Å². The zero-order valence-electron chi connectivity index (χ0n) is 14.0. The normalized spacial score (nSPS) is 21.4. The fourth-order valence-corrected chi connectivity index (χ4v) is 3.00. The van der Waals surface area contributed by atoms with Crippen LogP contribution in [0.5, 0.6) is 0 Å². The van der Waals surface area contributed by atoms with Gasteiger partial charge in [0.05, 0.1) is 11.8 Å². The number of amides is 2. The Morgan fingerprint density at radius 3 is 2.83 bits per heavy atom. The largest absolute Gasteiger partial charge is 0.435 e. The SMILES string of the molecule is CCC(C#N)C(=O)N1CC[C@@H](NC(=O)c2oc(C3CC3)nc2C)C1. The van der Waals surface area contributed by atoms with Crippen molar-refractivity contribution in [2.24, 2.45) is 5.92 Å². The Bertz CT molecular complexity index is 686. The predicted octanol–water partition coefficient (Wildman–Crippen LogP) is 1.74. The fourth-order valence-electron chi connectivity index (χ4n) is 3.00. The summed E-state index contributed by atoms with van der Waals surface area (Å²) in [5, 5.41) is 11.9. The van der Waals surface area contributed by atoms with Gasteiger partial charge in [0.1, 0.15) is 5.92 Å². The van der Waals surface area contributed by atoms with Gasteiger partial charge in [0.2, 0.25) is 11.7 Å². The summed E-state index contributed by atoms with van der Waals surface area (Å²) in [6.45, 7) is 4.59. The molecule has 2 amide bonds. The first-order valence-corrected chi connectivity index (χ1v) is 8.50. The lowest BCUT2D eigenvalue weighted by atomic mass is 10.1. The maximum absolute atomic E-state index is 12.4. The molecular formula is C17H22N4O3. The Morgan fingerprint density at radius 2 is 2.21 bits per heavy atom. The molecule has 1 saturated heterocycles. The summed E-state index contributed by atoms with van der Waals surface area (Å²) in [4.78, 5) is 30.6. The first-order chi connectivity index (χ1) is 11.5. The van der Waals surface area contributed by atoms with E-state index in [-0.39, 0.29) is 23.6 Å². The number of aryl methyl sites for hydroxylation is 1. The molecule has 1 N–H and O–H groups in total. The van der Waals surface area contributed by atoms with Gasteiger partial charge in [-0.3, -0.25) is 9.59 Å². The molecule has 1 aliphatic heterocycles. The van der Waals surface area contributed by atoms with E-state index in [0.717, 1.165) is 12.8 Å². The van der Waals surface area contributed by atoms with Crippen LogP contribution in [0.1, 0.15) is 60.7 Å². The second kappa shape index (κ2) is 6.63. The molecule has 1 aromatic rings. The minimum absolute atomic E-state index is 0.119. The second-order valence-corrected chi connectivity index (χ2v) is 6.57. The summed E-state index contributed by atoms with van der Waals surface area (Å²) >= 11 is 0. The van der Waals surface area contributed by atoms with E-state index in [0.29, 0.717) is 43.4 Å². The van der Waals surface area contributed by atoms with Crippen LogP contribution in [0.2, 0.25) is 0 Å². The third-order valence-electron chi connectivity index (χ3n) is 4.64. The van der Waals surface area contributed by atoms with Gasteiger partial charge in [-0.15, -0.1) is 0 Å². The van der Waals surface area contributed by atoms with Gasteiger partial charge in [-0.2, -0.15) is 5.26 Å². The van der Waals surface area contributed by atoms with E-state index in [9.17, 15) is 9.59 Å². The van der Waals surface area contributed by atoms with Crippen molar-refractivity contribution in [2.75, 3.05) is 13.1 Å². The molecule has 24 heavy (non-hydrogen) atoms. The molecule has 3 rings (SSSR count). The van der Waals surface area contributed by atoms with E-state index in [4.69, 9.17) is 9.68 Å². The topological polar surface area (TPSA) is 99.2 Å². The molecule has 2 heterocycles. The van der Waals surface area contributed by atoms with E-state index >= 15 is 0 Å². The maximum atomic E-state index is 12.4. The Balaban J connectivity index is 1.58. The van der Waals surface area contributed by atoms with Crippen LogP contribution in [0, 0.1) is 24.2 Å². The molecule has 1 saturated carbocycles. The number of likely N-dealkylation sites (tertiary alicyclic amines) is 1. The Kier molecular flexibility index (Phi) is 4.56. The zero-order valence-corrected chi connectivity index (χ0v) is 14.0. The highest BCUT2D eigenvalue weighted by Gasteiger charge is 2.33. The molecule has 0 aromatic carbocycles. The number of nitrogens with one attached hydrogen (secondary N) is 1. The number of oxazole rings is 1. The van der Waals surface area contributed by atoms with E-state index in [1.54, 1.807) is 11.8 Å². The van der Waals surface area contributed by atoms with Crippen LogP contribution in [0.4, 0.5) is 0 Å². The number of rotatable bonds is 5. The van der Waals surface area contributed by atoms with Gasteiger partial charge in [-0.05, 0) is 32.6 Å². The van der Waals surface area contributed by atoms with Gasteiger partial charge < -0.3 is 14.6 Å². The molecular weight excluding hydrogens is 308 g/mol. The van der Waals surface area contributed by atoms with Crippen LogP contribution < -0.4 is 5.32 Å². The minimum atomic E-state index is -0.600. The summed E-state index contributed by atoms with van der Waals surface area (Å²) in [6, 6.07) is 1.92. The molecule has 0 spiro atoms. The second-order valence-electron chi connectivity index (χ2n) is 6.57. The number of nitriles is 1. The van der Waals surface area contributed by atoms with Crippen LogP contribution in [0.25, 0.3) is 0 Å². The van der Waals surface area contributed by atoms with Crippen molar-refractivity contribution in [3.63, 3.8) is 0 Å².